The van der Waals surface area contributed by atoms with Crippen LogP contribution in [0.1, 0.15) is 39.7 Å². The van der Waals surface area contributed by atoms with Crippen LogP contribution < -0.4 is 10.6 Å². The van der Waals surface area contributed by atoms with E-state index >= 15 is 0 Å². The molecule has 0 aromatic heterocycles. The number of carbonyl (C=O) groups is 1. The number of alkyl carbamates (subject to hydrolysis) is 1. The van der Waals surface area contributed by atoms with E-state index in [9.17, 15) is 9.90 Å². The molecule has 0 heterocycles. The number of benzene rings is 1. The lowest BCUT2D eigenvalue weighted by atomic mass is 10.2. The Kier molecular flexibility index (Phi) is 7.83. The van der Waals surface area contributed by atoms with Gasteiger partial charge in [0.25, 0.3) is 0 Å². The molecule has 1 rings (SSSR count). The molecule has 0 aliphatic rings. The molecular formula is C16H24Br2N2O3. The molecule has 0 bridgehead atoms. The predicted octanol–water partition coefficient (Wildman–Crippen LogP) is 4.31. The molecule has 7 heteroatoms. The first-order valence-corrected chi connectivity index (χ1v) is 9.08. The second-order valence-electron chi connectivity index (χ2n) is 6.29. The Bertz CT molecular complexity index is 522. The Balaban J connectivity index is 2.48. The normalized spacial score (nSPS) is 12.8. The van der Waals surface area contributed by atoms with Crippen molar-refractivity contribution in [2.75, 3.05) is 6.54 Å². The molecule has 1 aromatic rings. The van der Waals surface area contributed by atoms with E-state index in [1.807, 2.05) is 39.8 Å². The van der Waals surface area contributed by atoms with E-state index in [1.165, 1.54) is 0 Å². The zero-order valence-electron chi connectivity index (χ0n) is 13.9. The van der Waals surface area contributed by atoms with Crippen molar-refractivity contribution in [2.24, 2.45) is 0 Å². The van der Waals surface area contributed by atoms with Crippen molar-refractivity contribution in [2.45, 2.75) is 52.3 Å². The Morgan fingerprint density at radius 3 is 2.35 bits per heavy atom. The van der Waals surface area contributed by atoms with E-state index < -0.39 is 11.7 Å². The van der Waals surface area contributed by atoms with Crippen LogP contribution >= 0.6 is 31.9 Å². The van der Waals surface area contributed by atoms with Crippen molar-refractivity contribution in [3.63, 3.8) is 0 Å². The van der Waals surface area contributed by atoms with Gasteiger partial charge in [0, 0.05) is 19.1 Å². The van der Waals surface area contributed by atoms with Crippen LogP contribution in [-0.2, 0) is 11.3 Å². The summed E-state index contributed by atoms with van der Waals surface area (Å²) in [6, 6.07) is 3.71. The molecule has 3 N–H and O–H groups in total. The number of rotatable bonds is 6. The van der Waals surface area contributed by atoms with E-state index in [0.717, 1.165) is 12.0 Å². The Morgan fingerprint density at radius 2 is 1.87 bits per heavy atom. The summed E-state index contributed by atoms with van der Waals surface area (Å²) < 4.78 is 6.54. The molecule has 130 valence electrons. The highest BCUT2D eigenvalue weighted by Gasteiger charge is 2.18. The Morgan fingerprint density at radius 1 is 1.30 bits per heavy atom. The fourth-order valence-corrected chi connectivity index (χ4v) is 3.16. The Labute approximate surface area is 154 Å². The third-order valence-electron chi connectivity index (χ3n) is 3.01. The van der Waals surface area contributed by atoms with Crippen molar-refractivity contribution in [3.05, 3.63) is 26.6 Å². The highest BCUT2D eigenvalue weighted by molar-refractivity contribution is 9.11. The molecule has 23 heavy (non-hydrogen) atoms. The van der Waals surface area contributed by atoms with Gasteiger partial charge in [0.05, 0.1) is 8.95 Å². The first-order chi connectivity index (χ1) is 10.6. The van der Waals surface area contributed by atoms with Gasteiger partial charge >= 0.3 is 6.09 Å². The van der Waals surface area contributed by atoms with Gasteiger partial charge in [0.15, 0.2) is 0 Å². The molecule has 0 fully saturated rings. The number of halogens is 2. The van der Waals surface area contributed by atoms with Gasteiger partial charge in [0.1, 0.15) is 11.4 Å². The van der Waals surface area contributed by atoms with Gasteiger partial charge in [-0.15, -0.1) is 0 Å². The highest BCUT2D eigenvalue weighted by atomic mass is 79.9. The predicted molar refractivity (Wildman–Crippen MR) is 98.7 cm³/mol. The topological polar surface area (TPSA) is 70.6 Å². The fourth-order valence-electron chi connectivity index (χ4n) is 1.88. The summed E-state index contributed by atoms with van der Waals surface area (Å²) in [6.45, 7) is 8.79. The third kappa shape index (κ3) is 7.54. The lowest BCUT2D eigenvalue weighted by Gasteiger charge is -2.23. The number of amides is 1. The maximum Gasteiger partial charge on any atom is 0.407 e. The molecule has 1 aromatic carbocycles. The minimum Gasteiger partial charge on any atom is -0.506 e. The van der Waals surface area contributed by atoms with E-state index in [2.05, 4.69) is 42.5 Å². The molecule has 5 nitrogen and oxygen atoms in total. The van der Waals surface area contributed by atoms with Crippen LogP contribution in [0.5, 0.6) is 5.75 Å². The van der Waals surface area contributed by atoms with E-state index in [0.29, 0.717) is 22.0 Å². The summed E-state index contributed by atoms with van der Waals surface area (Å²) in [5.41, 5.74) is 0.522. The van der Waals surface area contributed by atoms with Crippen LogP contribution in [0.25, 0.3) is 0 Å². The SMILES string of the molecule is CCC(CNCc1cc(Br)c(O)c(Br)c1)NC(=O)OC(C)(C)C. The molecule has 0 saturated carbocycles. The van der Waals surface area contributed by atoms with Gasteiger partial charge in [-0.3, -0.25) is 0 Å². The number of phenolic OH excluding ortho intramolecular Hbond substituents is 1. The molecule has 0 spiro atoms. The van der Waals surface area contributed by atoms with Crippen LogP contribution in [0.15, 0.2) is 21.1 Å². The van der Waals surface area contributed by atoms with Gasteiger partial charge < -0.3 is 20.5 Å². The molecular weight excluding hydrogens is 428 g/mol. The summed E-state index contributed by atoms with van der Waals surface area (Å²) in [6.07, 6.45) is 0.399. The molecule has 0 aliphatic carbocycles. The third-order valence-corrected chi connectivity index (χ3v) is 4.22. The molecule has 1 unspecified atom stereocenters. The standard InChI is InChI=1S/C16H24Br2N2O3/c1-5-11(20-15(22)23-16(2,3)4)9-19-8-10-6-12(17)14(21)13(18)7-10/h6-7,11,19,21H,5,8-9H2,1-4H3,(H,20,22). The minimum atomic E-state index is -0.500. The van der Waals surface area contributed by atoms with Crippen LogP contribution in [0.2, 0.25) is 0 Å². The second kappa shape index (κ2) is 8.89. The summed E-state index contributed by atoms with van der Waals surface area (Å²) in [4.78, 5) is 11.8. The van der Waals surface area contributed by atoms with Gasteiger partial charge in [-0.05, 0) is 76.7 Å². The number of carbonyl (C=O) groups excluding carboxylic acids is 1. The highest BCUT2D eigenvalue weighted by Crippen LogP contribution is 2.33. The molecule has 1 atom stereocenters. The summed E-state index contributed by atoms with van der Waals surface area (Å²) in [5, 5.41) is 15.9. The second-order valence-corrected chi connectivity index (χ2v) is 8.00. The molecule has 1 amide bonds. The number of aromatic hydroxyl groups is 1. The average Bonchev–Trinajstić information content (AvgIpc) is 2.41. The van der Waals surface area contributed by atoms with Crippen molar-refractivity contribution >= 4 is 38.0 Å². The number of hydrogen-bond donors (Lipinski definition) is 3. The first-order valence-electron chi connectivity index (χ1n) is 7.49. The first kappa shape index (κ1) is 20.3. The van der Waals surface area contributed by atoms with Crippen LogP contribution in [0.3, 0.4) is 0 Å². The summed E-state index contributed by atoms with van der Waals surface area (Å²) in [5.74, 6) is 0.187. The van der Waals surface area contributed by atoms with Crippen LogP contribution in [0, 0.1) is 0 Å². The lowest BCUT2D eigenvalue weighted by molar-refractivity contribution is 0.0502. The Hall–Kier alpha value is -0.790. The van der Waals surface area contributed by atoms with Crippen molar-refractivity contribution in [1.29, 1.82) is 0 Å². The number of phenols is 1. The van der Waals surface area contributed by atoms with Gasteiger partial charge in [-0.1, -0.05) is 6.92 Å². The largest absolute Gasteiger partial charge is 0.506 e. The van der Waals surface area contributed by atoms with Crippen LogP contribution in [-0.4, -0.2) is 29.4 Å². The van der Waals surface area contributed by atoms with E-state index in [-0.39, 0.29) is 11.8 Å². The summed E-state index contributed by atoms with van der Waals surface area (Å²) in [7, 11) is 0. The van der Waals surface area contributed by atoms with Crippen molar-refractivity contribution in [1.82, 2.24) is 10.6 Å². The molecule has 0 aliphatic heterocycles. The maximum atomic E-state index is 11.8. The fraction of sp³-hybridized carbons (Fsp3) is 0.562. The minimum absolute atomic E-state index is 0.00570. The van der Waals surface area contributed by atoms with Gasteiger partial charge in [-0.2, -0.15) is 0 Å². The smallest absolute Gasteiger partial charge is 0.407 e. The number of hydrogen-bond acceptors (Lipinski definition) is 4. The van der Waals surface area contributed by atoms with Crippen molar-refractivity contribution < 1.29 is 14.6 Å². The van der Waals surface area contributed by atoms with E-state index in [1.54, 1.807) is 0 Å². The zero-order valence-corrected chi connectivity index (χ0v) is 17.0. The molecule has 0 radical (unpaired) electrons. The summed E-state index contributed by atoms with van der Waals surface area (Å²) >= 11 is 6.62. The van der Waals surface area contributed by atoms with Crippen molar-refractivity contribution in [3.8, 4) is 5.75 Å². The lowest BCUT2D eigenvalue weighted by Crippen LogP contribution is -2.43. The average molecular weight is 452 g/mol. The monoisotopic (exact) mass is 450 g/mol. The van der Waals surface area contributed by atoms with Gasteiger partial charge in [-0.25, -0.2) is 4.79 Å². The number of ether oxygens (including phenoxy) is 1. The maximum absolute atomic E-state index is 11.8. The molecule has 0 saturated heterocycles. The van der Waals surface area contributed by atoms with E-state index in [4.69, 9.17) is 4.74 Å². The number of nitrogens with one attached hydrogen (secondary N) is 2. The van der Waals surface area contributed by atoms with Gasteiger partial charge in [0.2, 0.25) is 0 Å². The zero-order chi connectivity index (χ0) is 17.6. The quantitative estimate of drug-likeness (QED) is 0.602. The van der Waals surface area contributed by atoms with Crippen LogP contribution in [0.4, 0.5) is 4.79 Å².